The van der Waals surface area contributed by atoms with E-state index in [2.05, 4.69) is 10.2 Å². The minimum atomic E-state index is -1.13. The van der Waals surface area contributed by atoms with Crippen molar-refractivity contribution < 1.29 is 29.1 Å². The molecule has 3 fully saturated rings. The molecule has 2 saturated heterocycles. The van der Waals surface area contributed by atoms with Crippen molar-refractivity contribution in [2.24, 2.45) is 5.73 Å². The molecule has 10 heteroatoms. The van der Waals surface area contributed by atoms with Crippen molar-refractivity contribution in [1.29, 1.82) is 0 Å². The molecule has 3 aliphatic heterocycles. The quantitative estimate of drug-likeness (QED) is 0.492. The molecule has 3 heterocycles. The summed E-state index contributed by atoms with van der Waals surface area (Å²) in [4.78, 5) is 25.4. The van der Waals surface area contributed by atoms with E-state index in [0.717, 1.165) is 12.0 Å². The van der Waals surface area contributed by atoms with Gasteiger partial charge in [-0.15, -0.1) is 0 Å². The van der Waals surface area contributed by atoms with Crippen molar-refractivity contribution >= 4 is 19.0 Å². The number of carbonyl (C=O) groups is 2. The molecule has 0 radical (unpaired) electrons. The Bertz CT molecular complexity index is 845. The van der Waals surface area contributed by atoms with E-state index in [-0.39, 0.29) is 52.9 Å². The predicted molar refractivity (Wildman–Crippen MR) is 98.5 cm³/mol. The normalized spacial score (nSPS) is 31.4. The monoisotopic (exact) mass is 387 g/mol. The number of likely N-dealkylation sites (tertiary alicyclic amines) is 1. The fourth-order valence-electron chi connectivity index (χ4n) is 4.63. The predicted octanol–water partition coefficient (Wildman–Crippen LogP) is -0.606. The van der Waals surface area contributed by atoms with Gasteiger partial charge in [0.15, 0.2) is 0 Å². The summed E-state index contributed by atoms with van der Waals surface area (Å²) in [6, 6.07) is 3.48. The number of hydrogen-bond acceptors (Lipinski definition) is 7. The number of carboxylic acids is 1. The lowest BCUT2D eigenvalue weighted by Crippen LogP contribution is -2.58. The molecule has 4 atom stereocenters. The molecule has 1 aromatic carbocycles. The Kier molecular flexibility index (Phi) is 4.04. The second kappa shape index (κ2) is 6.36. The van der Waals surface area contributed by atoms with Crippen LogP contribution in [0, 0.1) is 0 Å². The first-order chi connectivity index (χ1) is 13.4. The fraction of sp³-hybridized carbons (Fsp3) is 0.556. The Morgan fingerprint density at radius 1 is 1.32 bits per heavy atom. The Balaban J connectivity index is 1.28. The lowest BCUT2D eigenvalue weighted by molar-refractivity contribution is -0.119. The number of carboxylic acid groups (broad SMARTS) is 1. The van der Waals surface area contributed by atoms with Gasteiger partial charge in [0.25, 0.3) is 0 Å². The Morgan fingerprint density at radius 2 is 2.11 bits per heavy atom. The molecule has 0 spiro atoms. The van der Waals surface area contributed by atoms with Gasteiger partial charge in [0.1, 0.15) is 23.2 Å². The van der Waals surface area contributed by atoms with Gasteiger partial charge in [0.2, 0.25) is 5.91 Å². The molecular formula is C18H22BN3O6. The van der Waals surface area contributed by atoms with E-state index in [4.69, 9.17) is 15.1 Å². The number of fused-ring (bicyclic) bond motifs is 3. The fourth-order valence-corrected chi connectivity index (χ4v) is 4.63. The summed E-state index contributed by atoms with van der Waals surface area (Å²) in [6.45, 7) is 2.01. The van der Waals surface area contributed by atoms with Gasteiger partial charge in [-0.05, 0) is 30.4 Å². The second-order valence-corrected chi connectivity index (χ2v) is 8.12. The van der Waals surface area contributed by atoms with E-state index in [1.807, 2.05) is 6.07 Å². The number of carbonyl (C=O) groups excluding carboxylic acids is 1. The molecule has 1 aromatic rings. The summed E-state index contributed by atoms with van der Waals surface area (Å²) in [5.74, 6) is -0.739. The van der Waals surface area contributed by atoms with Crippen LogP contribution in [0.2, 0.25) is 5.82 Å². The molecule has 1 aliphatic carbocycles. The van der Waals surface area contributed by atoms with Crippen LogP contribution in [0.1, 0.15) is 34.7 Å². The van der Waals surface area contributed by atoms with Crippen LogP contribution in [0.25, 0.3) is 0 Å². The highest BCUT2D eigenvalue weighted by Gasteiger charge is 2.54. The van der Waals surface area contributed by atoms with Crippen LogP contribution in [0.4, 0.5) is 0 Å². The van der Waals surface area contributed by atoms with Crippen molar-refractivity contribution in [3.63, 3.8) is 0 Å². The first-order valence-corrected chi connectivity index (χ1v) is 9.60. The highest BCUT2D eigenvalue weighted by molar-refractivity contribution is 6.48. The number of nitrogens with one attached hydrogen (secondary N) is 1. The van der Waals surface area contributed by atoms with E-state index in [0.29, 0.717) is 26.1 Å². The van der Waals surface area contributed by atoms with E-state index in [9.17, 15) is 19.7 Å². The van der Waals surface area contributed by atoms with Gasteiger partial charge < -0.3 is 30.6 Å². The summed E-state index contributed by atoms with van der Waals surface area (Å²) in [7, 11) is -0.960. The first-order valence-electron chi connectivity index (χ1n) is 9.60. The van der Waals surface area contributed by atoms with Gasteiger partial charge in [-0.2, -0.15) is 0 Å². The third-order valence-electron chi connectivity index (χ3n) is 6.35. The molecule has 28 heavy (non-hydrogen) atoms. The molecule has 5 rings (SSSR count). The molecule has 2 unspecified atom stereocenters. The topological polar surface area (TPSA) is 134 Å². The molecule has 0 aromatic heterocycles. The Morgan fingerprint density at radius 3 is 2.79 bits per heavy atom. The molecule has 1 saturated carbocycles. The maximum Gasteiger partial charge on any atom is 0.526 e. The minimum absolute atomic E-state index is 0.0170. The number of hydrogen-bond donors (Lipinski definition) is 4. The summed E-state index contributed by atoms with van der Waals surface area (Å²) < 4.78 is 11.5. The number of ether oxygens (including phenoxy) is 1. The van der Waals surface area contributed by atoms with Crippen LogP contribution >= 0.6 is 0 Å². The minimum Gasteiger partial charge on any atom is -0.535 e. The zero-order valence-electron chi connectivity index (χ0n) is 15.2. The Labute approximate surface area is 161 Å². The van der Waals surface area contributed by atoms with Crippen LogP contribution < -0.4 is 20.4 Å². The molecule has 1 amide bonds. The number of nitrogens with two attached hydrogens (primary N) is 1. The van der Waals surface area contributed by atoms with Crippen molar-refractivity contribution in [3.05, 3.63) is 23.3 Å². The zero-order chi connectivity index (χ0) is 19.6. The van der Waals surface area contributed by atoms with Crippen LogP contribution in [0.15, 0.2) is 12.1 Å². The van der Waals surface area contributed by atoms with Crippen molar-refractivity contribution in [3.8, 4) is 11.5 Å². The van der Waals surface area contributed by atoms with Crippen LogP contribution in [0.3, 0.4) is 0 Å². The number of amides is 1. The lowest BCUT2D eigenvalue weighted by Gasteiger charge is -2.42. The smallest absolute Gasteiger partial charge is 0.526 e. The summed E-state index contributed by atoms with van der Waals surface area (Å²) in [6.07, 6.45) is 1.36. The largest absolute Gasteiger partial charge is 0.535 e. The van der Waals surface area contributed by atoms with Gasteiger partial charge >= 0.3 is 13.1 Å². The van der Waals surface area contributed by atoms with Crippen LogP contribution in [0.5, 0.6) is 11.5 Å². The third kappa shape index (κ3) is 2.83. The van der Waals surface area contributed by atoms with Crippen molar-refractivity contribution in [2.75, 3.05) is 19.6 Å². The number of benzene rings is 1. The number of aromatic carboxylic acids is 1. The van der Waals surface area contributed by atoms with Gasteiger partial charge in [-0.1, -0.05) is 6.07 Å². The lowest BCUT2D eigenvalue weighted by atomic mass is 9.77. The Hall–Kier alpha value is -2.30. The SMILES string of the molecule is NC(=O)[C@H]1CC(N2CC(Oc3ccc4c(c3C(=O)O)OB(O)[C@@H]3CC43)C2)CN1. The molecule has 4 aliphatic rings. The number of nitrogens with zero attached hydrogens (tertiary/aromatic N) is 1. The maximum absolute atomic E-state index is 11.9. The number of rotatable bonds is 5. The number of primary amides is 1. The molecule has 9 nitrogen and oxygen atoms in total. The zero-order valence-corrected chi connectivity index (χ0v) is 15.2. The van der Waals surface area contributed by atoms with Crippen molar-refractivity contribution in [1.82, 2.24) is 10.2 Å². The summed E-state index contributed by atoms with van der Waals surface area (Å²) in [5.41, 5.74) is 6.16. The average molecular weight is 387 g/mol. The maximum atomic E-state index is 11.9. The van der Waals surface area contributed by atoms with Gasteiger partial charge in [0.05, 0.1) is 6.04 Å². The van der Waals surface area contributed by atoms with E-state index < -0.39 is 13.1 Å². The van der Waals surface area contributed by atoms with E-state index >= 15 is 0 Å². The van der Waals surface area contributed by atoms with Crippen LogP contribution in [-0.2, 0) is 4.79 Å². The molecule has 5 N–H and O–H groups in total. The first kappa shape index (κ1) is 17.8. The van der Waals surface area contributed by atoms with E-state index in [1.165, 1.54) is 0 Å². The van der Waals surface area contributed by atoms with Gasteiger partial charge in [0, 0.05) is 31.5 Å². The highest BCUT2D eigenvalue weighted by atomic mass is 16.5. The van der Waals surface area contributed by atoms with Crippen LogP contribution in [-0.4, -0.2) is 71.8 Å². The highest BCUT2D eigenvalue weighted by Crippen LogP contribution is 2.60. The van der Waals surface area contributed by atoms with Gasteiger partial charge in [-0.3, -0.25) is 9.69 Å². The molecule has 0 bridgehead atoms. The standard InChI is InChI=1S/C18H22BN3O6/c20-17(23)13-3-8(5-21-13)22-6-9(7-22)27-14-2-1-10-11-4-12(11)19(26)28-16(10)15(14)18(24)25/h1-2,8-9,11-13,21,26H,3-7H2,(H2,20,23)(H,24,25)/t8?,11?,12-,13-/m1/s1. The molecule has 148 valence electrons. The second-order valence-electron chi connectivity index (χ2n) is 8.12. The summed E-state index contributed by atoms with van der Waals surface area (Å²) >= 11 is 0. The average Bonchev–Trinajstić information content (AvgIpc) is 3.27. The molecular weight excluding hydrogens is 365 g/mol. The summed E-state index contributed by atoms with van der Waals surface area (Å²) in [5, 5.41) is 22.8. The van der Waals surface area contributed by atoms with E-state index in [1.54, 1.807) is 6.07 Å². The van der Waals surface area contributed by atoms with Gasteiger partial charge in [-0.25, -0.2) is 4.79 Å². The third-order valence-corrected chi connectivity index (χ3v) is 6.35. The van der Waals surface area contributed by atoms with Crippen molar-refractivity contribution in [2.45, 2.75) is 42.8 Å².